The van der Waals surface area contributed by atoms with Crippen LogP contribution in [0.3, 0.4) is 0 Å². The van der Waals surface area contributed by atoms with Crippen molar-refractivity contribution >= 4 is 35.0 Å². The largest absolute Gasteiger partial charge is 0.426 e. The van der Waals surface area contributed by atoms with Crippen molar-refractivity contribution in [2.45, 2.75) is 23.9 Å². The number of hydrogen-bond donors (Lipinski definition) is 2. The van der Waals surface area contributed by atoms with Gasteiger partial charge in [0, 0.05) is 35.1 Å². The van der Waals surface area contributed by atoms with Crippen molar-refractivity contribution in [3.63, 3.8) is 0 Å². The first-order valence-electron chi connectivity index (χ1n) is 9.54. The second kappa shape index (κ2) is 7.45. The lowest BCUT2D eigenvalue weighted by Crippen LogP contribution is -2.50. The van der Waals surface area contributed by atoms with E-state index in [4.69, 9.17) is 4.74 Å². The Hall–Kier alpha value is -2.84. The summed E-state index contributed by atoms with van der Waals surface area (Å²) in [5, 5.41) is 3.70. The molecule has 0 fully saturated rings. The van der Waals surface area contributed by atoms with E-state index in [1.54, 1.807) is 6.07 Å². The summed E-state index contributed by atoms with van der Waals surface area (Å²) in [6, 6.07) is 17.0. The zero-order valence-electron chi connectivity index (χ0n) is 15.8. The van der Waals surface area contributed by atoms with Gasteiger partial charge < -0.3 is 15.0 Å². The van der Waals surface area contributed by atoms with Gasteiger partial charge in [-0.2, -0.15) is 0 Å². The van der Waals surface area contributed by atoms with Crippen LogP contribution in [0.15, 0.2) is 64.4 Å². The zero-order valence-corrected chi connectivity index (χ0v) is 17.5. The number of hydrogen-bond acceptors (Lipinski definition) is 6. The third kappa shape index (κ3) is 3.16. The standard InChI is InChI=1S/C22H18N2O4S2/c25-16(23-11-13-6-2-1-3-7-13)10-22-12-29-19-18(30-21(27)24-19)17(22)14-8-4-5-9-15(14)28-20(22)26/h1-9,17H,10-12H2,(H,23,25)(H,24,27)/t17-,22+/m0/s1. The first kappa shape index (κ1) is 19.1. The van der Waals surface area contributed by atoms with E-state index in [0.717, 1.165) is 32.4 Å². The maximum Gasteiger partial charge on any atom is 0.319 e. The molecule has 6 nitrogen and oxygen atoms in total. The van der Waals surface area contributed by atoms with Crippen LogP contribution in [0, 0.1) is 5.41 Å². The molecule has 1 aromatic heterocycles. The first-order valence-corrected chi connectivity index (χ1v) is 11.3. The average Bonchev–Trinajstić information content (AvgIpc) is 3.13. The van der Waals surface area contributed by atoms with Gasteiger partial charge in [0.05, 0.1) is 10.4 Å². The number of carbonyl (C=O) groups is 2. The number of ether oxygens (including phenoxy) is 1. The number of fused-ring (bicyclic) bond motifs is 5. The molecule has 1 amide bonds. The molecule has 2 aromatic carbocycles. The lowest BCUT2D eigenvalue weighted by atomic mass is 9.68. The van der Waals surface area contributed by atoms with Crippen LogP contribution in [0.5, 0.6) is 5.75 Å². The predicted molar refractivity (Wildman–Crippen MR) is 115 cm³/mol. The van der Waals surface area contributed by atoms with Crippen LogP contribution in [0.25, 0.3) is 0 Å². The van der Waals surface area contributed by atoms with Gasteiger partial charge in [-0.05, 0) is 11.6 Å². The van der Waals surface area contributed by atoms with Crippen LogP contribution < -0.4 is 14.9 Å². The Bertz CT molecular complexity index is 1190. The van der Waals surface area contributed by atoms with Crippen molar-refractivity contribution in [2.75, 3.05) is 5.75 Å². The average molecular weight is 439 g/mol. The van der Waals surface area contributed by atoms with Crippen molar-refractivity contribution < 1.29 is 14.3 Å². The van der Waals surface area contributed by atoms with Crippen LogP contribution in [0.1, 0.15) is 28.3 Å². The molecule has 5 rings (SSSR count). The van der Waals surface area contributed by atoms with Crippen molar-refractivity contribution in [3.8, 4) is 5.75 Å². The minimum Gasteiger partial charge on any atom is -0.426 e. The van der Waals surface area contributed by atoms with E-state index in [9.17, 15) is 14.4 Å². The smallest absolute Gasteiger partial charge is 0.319 e. The SMILES string of the molecule is O=C(C[C@@]12CSc3[nH]c(=O)sc3[C@@H]1c1ccccc1OC2=O)NCc1ccccc1. The fraction of sp³-hybridized carbons (Fsp3) is 0.227. The summed E-state index contributed by atoms with van der Waals surface area (Å²) in [4.78, 5) is 41.7. The summed E-state index contributed by atoms with van der Waals surface area (Å²) >= 11 is 2.51. The van der Waals surface area contributed by atoms with Crippen molar-refractivity contribution in [1.29, 1.82) is 0 Å². The zero-order chi connectivity index (χ0) is 20.7. The van der Waals surface area contributed by atoms with E-state index in [1.165, 1.54) is 11.8 Å². The second-order valence-electron chi connectivity index (χ2n) is 7.45. The highest BCUT2D eigenvalue weighted by molar-refractivity contribution is 7.99. The minimum absolute atomic E-state index is 0.00377. The Morgan fingerprint density at radius 2 is 1.90 bits per heavy atom. The fourth-order valence-corrected chi connectivity index (χ4v) is 6.71. The number of thiazole rings is 1. The summed E-state index contributed by atoms with van der Waals surface area (Å²) in [5.41, 5.74) is 0.767. The van der Waals surface area contributed by atoms with E-state index in [-0.39, 0.29) is 17.2 Å². The monoisotopic (exact) mass is 438 g/mol. The Kier molecular flexibility index (Phi) is 4.75. The normalized spacial score (nSPS) is 21.7. The first-order chi connectivity index (χ1) is 14.6. The molecule has 2 N–H and O–H groups in total. The molecule has 3 heterocycles. The third-order valence-corrected chi connectivity index (χ3v) is 7.93. The summed E-state index contributed by atoms with van der Waals surface area (Å²) in [6.07, 6.45) is -0.00377. The molecule has 2 atom stereocenters. The highest BCUT2D eigenvalue weighted by Crippen LogP contribution is 2.58. The number of rotatable bonds is 4. The van der Waals surface area contributed by atoms with Gasteiger partial charge in [-0.15, -0.1) is 11.8 Å². The van der Waals surface area contributed by atoms with Gasteiger partial charge in [0.15, 0.2) is 0 Å². The molecule has 0 bridgehead atoms. The summed E-state index contributed by atoms with van der Waals surface area (Å²) in [7, 11) is 0. The van der Waals surface area contributed by atoms with Gasteiger partial charge in [0.25, 0.3) is 0 Å². The lowest BCUT2D eigenvalue weighted by molar-refractivity contribution is -0.150. The van der Waals surface area contributed by atoms with E-state index in [1.807, 2.05) is 48.5 Å². The Morgan fingerprint density at radius 3 is 2.73 bits per heavy atom. The number of benzene rings is 2. The molecule has 0 unspecified atom stereocenters. The molecule has 0 aliphatic carbocycles. The van der Waals surface area contributed by atoms with Crippen LogP contribution in [0.4, 0.5) is 0 Å². The molecule has 3 aromatic rings. The van der Waals surface area contributed by atoms with Gasteiger partial charge in [-0.3, -0.25) is 14.4 Å². The molecule has 2 aliphatic heterocycles. The predicted octanol–water partition coefficient (Wildman–Crippen LogP) is 3.29. The van der Waals surface area contributed by atoms with E-state index in [0.29, 0.717) is 18.0 Å². The molecule has 0 saturated carbocycles. The van der Waals surface area contributed by atoms with Crippen molar-refractivity contribution in [3.05, 3.63) is 80.3 Å². The lowest BCUT2D eigenvalue weighted by Gasteiger charge is -2.44. The molecule has 0 radical (unpaired) electrons. The molecule has 0 spiro atoms. The maximum atomic E-state index is 13.2. The Morgan fingerprint density at radius 1 is 1.13 bits per heavy atom. The van der Waals surface area contributed by atoms with E-state index in [2.05, 4.69) is 10.3 Å². The maximum absolute atomic E-state index is 13.2. The molecule has 8 heteroatoms. The van der Waals surface area contributed by atoms with Gasteiger partial charge >= 0.3 is 10.8 Å². The van der Waals surface area contributed by atoms with E-state index >= 15 is 0 Å². The van der Waals surface area contributed by atoms with Gasteiger partial charge in [-0.25, -0.2) is 0 Å². The second-order valence-corrected chi connectivity index (χ2v) is 9.45. The van der Waals surface area contributed by atoms with Crippen LogP contribution in [-0.4, -0.2) is 22.6 Å². The number of aromatic nitrogens is 1. The topological polar surface area (TPSA) is 88.3 Å². The molecule has 0 saturated heterocycles. The molecular formula is C22H18N2O4S2. The van der Waals surface area contributed by atoms with Crippen molar-refractivity contribution in [2.24, 2.45) is 5.41 Å². The van der Waals surface area contributed by atoms with Crippen LogP contribution in [0.2, 0.25) is 0 Å². The number of amides is 1. The van der Waals surface area contributed by atoms with E-state index < -0.39 is 17.3 Å². The number of aromatic amines is 1. The molecule has 30 heavy (non-hydrogen) atoms. The summed E-state index contributed by atoms with van der Waals surface area (Å²) in [5.74, 6) is -0.167. The van der Waals surface area contributed by atoms with Gasteiger partial charge in [0.2, 0.25) is 5.91 Å². The van der Waals surface area contributed by atoms with Crippen molar-refractivity contribution in [1.82, 2.24) is 10.3 Å². The van der Waals surface area contributed by atoms with Crippen LogP contribution in [-0.2, 0) is 16.1 Å². The molecular weight excluding hydrogens is 420 g/mol. The number of esters is 1. The molecule has 152 valence electrons. The third-order valence-electron chi connectivity index (χ3n) is 5.58. The van der Waals surface area contributed by atoms with Crippen LogP contribution >= 0.6 is 23.1 Å². The molecule has 2 aliphatic rings. The highest BCUT2D eigenvalue weighted by Gasteiger charge is 2.57. The fourth-order valence-electron chi connectivity index (χ4n) is 4.16. The summed E-state index contributed by atoms with van der Waals surface area (Å²) in [6.45, 7) is 0.391. The Balaban J connectivity index is 1.51. The van der Waals surface area contributed by atoms with Gasteiger partial charge in [-0.1, -0.05) is 59.9 Å². The quantitative estimate of drug-likeness (QED) is 0.482. The van der Waals surface area contributed by atoms with Gasteiger partial charge in [0.1, 0.15) is 5.75 Å². The number of nitrogens with one attached hydrogen (secondary N) is 2. The minimum atomic E-state index is -1.06. The number of thioether (sulfide) groups is 1. The Labute approximate surface area is 180 Å². The number of H-pyrrole nitrogens is 1. The number of carbonyl (C=O) groups excluding carboxylic acids is 2. The summed E-state index contributed by atoms with van der Waals surface area (Å²) < 4.78 is 5.67. The highest BCUT2D eigenvalue weighted by atomic mass is 32.2. The number of para-hydroxylation sites is 1.